The van der Waals surface area contributed by atoms with Crippen LogP contribution in [-0.4, -0.2) is 43.1 Å². The molecule has 2 aliphatic rings. The number of carbonyl (C=O) groups excluding carboxylic acids is 2. The summed E-state index contributed by atoms with van der Waals surface area (Å²) in [4.78, 5) is 24.7. The Labute approximate surface area is 172 Å². The minimum atomic E-state index is -0.499. The van der Waals surface area contributed by atoms with Gasteiger partial charge in [-0.2, -0.15) is 0 Å². The maximum Gasteiger partial charge on any atom is 0.338 e. The van der Waals surface area contributed by atoms with Crippen molar-refractivity contribution < 1.29 is 23.8 Å². The Morgan fingerprint density at radius 3 is 2.36 bits per heavy atom. The number of carbonyl (C=O) groups is 2. The molecule has 0 aliphatic carbocycles. The zero-order valence-electron chi connectivity index (χ0n) is 15.2. The zero-order chi connectivity index (χ0) is 19.3. The number of hydrogen-bond acceptors (Lipinski definition) is 7. The van der Waals surface area contributed by atoms with Crippen molar-refractivity contribution in [3.63, 3.8) is 0 Å². The monoisotopic (exact) mass is 416 g/mol. The highest BCUT2D eigenvalue weighted by Crippen LogP contribution is 2.45. The number of benzene rings is 2. The summed E-state index contributed by atoms with van der Waals surface area (Å²) in [5, 5.41) is 0. The molecule has 0 aromatic heterocycles. The van der Waals surface area contributed by atoms with Crippen LogP contribution in [-0.2, 0) is 4.74 Å². The van der Waals surface area contributed by atoms with Crippen LogP contribution < -0.4 is 9.47 Å². The van der Waals surface area contributed by atoms with E-state index in [0.717, 1.165) is 17.9 Å². The van der Waals surface area contributed by atoms with E-state index in [9.17, 15) is 9.59 Å². The second-order valence-electron chi connectivity index (χ2n) is 6.41. The number of ether oxygens (including phenoxy) is 3. The van der Waals surface area contributed by atoms with Crippen molar-refractivity contribution in [3.8, 4) is 11.5 Å². The van der Waals surface area contributed by atoms with E-state index >= 15 is 0 Å². The highest BCUT2D eigenvalue weighted by molar-refractivity contribution is 8.19. The molecule has 0 unspecified atom stereocenters. The van der Waals surface area contributed by atoms with Crippen molar-refractivity contribution in [3.05, 3.63) is 59.2 Å². The smallest absolute Gasteiger partial charge is 0.338 e. The van der Waals surface area contributed by atoms with E-state index in [0.29, 0.717) is 40.4 Å². The molecule has 0 N–H and O–H groups in total. The van der Waals surface area contributed by atoms with Gasteiger partial charge in [-0.3, -0.25) is 4.79 Å². The molecule has 146 valence electrons. The summed E-state index contributed by atoms with van der Waals surface area (Å²) < 4.78 is 16.8. The number of hydrogen-bond donors (Lipinski definition) is 0. The summed E-state index contributed by atoms with van der Waals surface area (Å²) in [5.41, 5.74) is 2.08. The normalized spacial score (nSPS) is 16.4. The van der Waals surface area contributed by atoms with Gasteiger partial charge >= 0.3 is 5.97 Å². The van der Waals surface area contributed by atoms with Crippen molar-refractivity contribution >= 4 is 35.3 Å². The number of fused-ring (bicyclic) bond motifs is 1. The van der Waals surface area contributed by atoms with Gasteiger partial charge < -0.3 is 14.2 Å². The van der Waals surface area contributed by atoms with Gasteiger partial charge in [0.1, 0.15) is 0 Å². The Bertz CT molecular complexity index is 860. The molecule has 2 aromatic carbocycles. The predicted octanol–water partition coefficient (Wildman–Crippen LogP) is 4.37. The van der Waals surface area contributed by atoms with E-state index in [-0.39, 0.29) is 12.4 Å². The minimum absolute atomic E-state index is 0.278. The van der Waals surface area contributed by atoms with Crippen LogP contribution in [0, 0.1) is 0 Å². The number of Topliss-reactive ketones (excluding diaryl/α,β-unsaturated/α-hetero) is 1. The average molecular weight is 417 g/mol. The van der Waals surface area contributed by atoms with Gasteiger partial charge in [0, 0.05) is 23.5 Å². The van der Waals surface area contributed by atoms with Gasteiger partial charge in [0.15, 0.2) is 23.9 Å². The van der Waals surface area contributed by atoms with E-state index < -0.39 is 5.97 Å². The summed E-state index contributed by atoms with van der Waals surface area (Å²) in [7, 11) is 0. The lowest BCUT2D eigenvalue weighted by Crippen LogP contribution is -2.14. The van der Waals surface area contributed by atoms with Crippen molar-refractivity contribution in [1.29, 1.82) is 0 Å². The lowest BCUT2D eigenvalue weighted by atomic mass is 10.1. The van der Waals surface area contributed by atoms with E-state index in [4.69, 9.17) is 14.2 Å². The van der Waals surface area contributed by atoms with Crippen LogP contribution >= 0.6 is 23.5 Å². The van der Waals surface area contributed by atoms with Gasteiger partial charge in [0.25, 0.3) is 0 Å². The molecule has 2 aromatic rings. The molecular formula is C21H20O5S2. The van der Waals surface area contributed by atoms with Crippen LogP contribution in [0.5, 0.6) is 11.5 Å². The number of esters is 1. The quantitative estimate of drug-likeness (QED) is 0.530. The van der Waals surface area contributed by atoms with Crippen molar-refractivity contribution in [2.45, 2.75) is 11.0 Å². The molecule has 1 fully saturated rings. The third kappa shape index (κ3) is 4.47. The Morgan fingerprint density at radius 2 is 1.61 bits per heavy atom. The third-order valence-corrected chi connectivity index (χ3v) is 7.55. The molecule has 0 amide bonds. The Morgan fingerprint density at radius 1 is 0.929 bits per heavy atom. The molecule has 0 saturated carbocycles. The van der Waals surface area contributed by atoms with Gasteiger partial charge in [0.2, 0.25) is 0 Å². The van der Waals surface area contributed by atoms with Crippen LogP contribution in [0.2, 0.25) is 0 Å². The van der Waals surface area contributed by atoms with Gasteiger partial charge in [-0.25, -0.2) is 4.79 Å². The van der Waals surface area contributed by atoms with Crippen molar-refractivity contribution in [2.24, 2.45) is 0 Å². The molecule has 1 saturated heterocycles. The zero-order valence-corrected chi connectivity index (χ0v) is 16.9. The highest BCUT2D eigenvalue weighted by Gasteiger charge is 2.19. The Hall–Kier alpha value is -2.12. The second kappa shape index (κ2) is 8.92. The molecule has 5 nitrogen and oxygen atoms in total. The fourth-order valence-electron chi connectivity index (χ4n) is 2.96. The van der Waals surface area contributed by atoms with Crippen LogP contribution in [0.25, 0.3) is 0 Å². The topological polar surface area (TPSA) is 61.8 Å². The minimum Gasteiger partial charge on any atom is -0.490 e. The molecule has 2 heterocycles. The fourth-order valence-corrected chi connectivity index (χ4v) is 5.82. The van der Waals surface area contributed by atoms with Crippen LogP contribution in [0.4, 0.5) is 0 Å². The lowest BCUT2D eigenvalue weighted by Gasteiger charge is -2.10. The van der Waals surface area contributed by atoms with Crippen LogP contribution in [0.1, 0.15) is 37.3 Å². The summed E-state index contributed by atoms with van der Waals surface area (Å²) in [6, 6.07) is 12.5. The molecule has 28 heavy (non-hydrogen) atoms. The first kappa shape index (κ1) is 19.2. The lowest BCUT2D eigenvalue weighted by molar-refractivity contribution is 0.0474. The summed E-state index contributed by atoms with van der Waals surface area (Å²) >= 11 is 3.83. The molecule has 0 spiro atoms. The predicted molar refractivity (Wildman–Crippen MR) is 111 cm³/mol. The molecule has 0 atom stereocenters. The third-order valence-electron chi connectivity index (χ3n) is 4.44. The standard InChI is InChI=1S/C21H20O5S2/c22-17(16-6-7-18-19(12-16)25-9-1-8-24-18)13-26-20(23)14-2-4-15(5-3-14)21-27-10-11-28-21/h2-7,12,21H,1,8-11,13H2. The molecular weight excluding hydrogens is 396 g/mol. The maximum atomic E-state index is 12.4. The average Bonchev–Trinajstić information content (AvgIpc) is 3.17. The first-order chi connectivity index (χ1) is 13.7. The SMILES string of the molecule is O=C(COC(=O)c1ccc(C2SCCS2)cc1)c1ccc2c(c1)OCCCO2. The van der Waals surface area contributed by atoms with Crippen molar-refractivity contribution in [1.82, 2.24) is 0 Å². The van der Waals surface area contributed by atoms with Gasteiger partial charge in [0.05, 0.1) is 23.4 Å². The van der Waals surface area contributed by atoms with Crippen LogP contribution in [0.3, 0.4) is 0 Å². The summed E-state index contributed by atoms with van der Waals surface area (Å²) in [5.74, 6) is 2.71. The van der Waals surface area contributed by atoms with Gasteiger partial charge in [-0.15, -0.1) is 23.5 Å². The summed E-state index contributed by atoms with van der Waals surface area (Å²) in [6.45, 7) is 0.830. The fraction of sp³-hybridized carbons (Fsp3) is 0.333. The number of thioether (sulfide) groups is 2. The van der Waals surface area contributed by atoms with Crippen LogP contribution in [0.15, 0.2) is 42.5 Å². The van der Waals surface area contributed by atoms with E-state index in [1.54, 1.807) is 30.3 Å². The Kier molecular flexibility index (Phi) is 6.12. The molecule has 4 rings (SSSR count). The van der Waals surface area contributed by atoms with E-state index in [1.807, 2.05) is 35.7 Å². The summed E-state index contributed by atoms with van der Waals surface area (Å²) in [6.07, 6.45) is 0.798. The largest absolute Gasteiger partial charge is 0.490 e. The molecule has 2 aliphatic heterocycles. The number of rotatable bonds is 5. The first-order valence-electron chi connectivity index (χ1n) is 9.14. The Balaban J connectivity index is 1.35. The van der Waals surface area contributed by atoms with Gasteiger partial charge in [-0.1, -0.05) is 12.1 Å². The highest BCUT2D eigenvalue weighted by atomic mass is 32.2. The molecule has 7 heteroatoms. The first-order valence-corrected chi connectivity index (χ1v) is 11.2. The maximum absolute atomic E-state index is 12.4. The molecule has 0 bridgehead atoms. The van der Waals surface area contributed by atoms with Crippen molar-refractivity contribution in [2.75, 3.05) is 31.3 Å². The van der Waals surface area contributed by atoms with E-state index in [2.05, 4.69) is 0 Å². The number of ketones is 1. The van der Waals surface area contributed by atoms with E-state index in [1.165, 1.54) is 5.56 Å². The second-order valence-corrected chi connectivity index (χ2v) is 9.13. The van der Waals surface area contributed by atoms with Gasteiger partial charge in [-0.05, 0) is 35.9 Å². The molecule has 0 radical (unpaired) electrons.